The largest absolute Gasteiger partial charge is 0.378 e. The van der Waals surface area contributed by atoms with Crippen molar-refractivity contribution < 1.29 is 9.59 Å². The minimum Gasteiger partial charge on any atom is -0.378 e. The molecule has 1 amide bonds. The van der Waals surface area contributed by atoms with Crippen molar-refractivity contribution in [1.82, 2.24) is 5.32 Å². The summed E-state index contributed by atoms with van der Waals surface area (Å²) in [5, 5.41) is 10.9. The summed E-state index contributed by atoms with van der Waals surface area (Å²) in [6, 6.07) is 14.4. The van der Waals surface area contributed by atoms with Crippen LogP contribution in [0.25, 0.3) is 0 Å². The van der Waals surface area contributed by atoms with Crippen molar-refractivity contribution >= 4 is 28.8 Å². The number of nitrogens with zero attached hydrogens (tertiary/aromatic N) is 3. The van der Waals surface area contributed by atoms with Gasteiger partial charge in [0.25, 0.3) is 5.91 Å². The first-order chi connectivity index (χ1) is 11.5. The van der Waals surface area contributed by atoms with E-state index in [2.05, 4.69) is 15.5 Å². The summed E-state index contributed by atoms with van der Waals surface area (Å²) >= 11 is 0. The van der Waals surface area contributed by atoms with Crippen LogP contribution in [0, 0.1) is 0 Å². The molecule has 2 aromatic rings. The monoisotopic (exact) mass is 324 g/mol. The quantitative estimate of drug-likeness (QED) is 0.827. The van der Waals surface area contributed by atoms with E-state index >= 15 is 0 Å². The molecule has 0 heterocycles. The Morgan fingerprint density at radius 1 is 0.917 bits per heavy atom. The molecular weight excluding hydrogens is 304 g/mol. The fourth-order valence-corrected chi connectivity index (χ4v) is 1.92. The molecule has 0 aliphatic heterocycles. The highest BCUT2D eigenvalue weighted by Gasteiger charge is 2.05. The Bertz CT molecular complexity index is 735. The van der Waals surface area contributed by atoms with Crippen molar-refractivity contribution in [3.63, 3.8) is 0 Å². The van der Waals surface area contributed by atoms with Gasteiger partial charge in [-0.15, -0.1) is 0 Å². The van der Waals surface area contributed by atoms with Gasteiger partial charge in [-0.3, -0.25) is 9.59 Å². The van der Waals surface area contributed by atoms with E-state index in [9.17, 15) is 9.59 Å². The molecule has 0 aliphatic rings. The van der Waals surface area contributed by atoms with Gasteiger partial charge >= 0.3 is 0 Å². The first-order valence-electron chi connectivity index (χ1n) is 7.52. The number of amides is 1. The van der Waals surface area contributed by atoms with Crippen LogP contribution in [0.15, 0.2) is 58.8 Å². The highest BCUT2D eigenvalue weighted by Crippen LogP contribution is 2.21. The molecule has 0 atom stereocenters. The summed E-state index contributed by atoms with van der Waals surface area (Å²) in [5.41, 5.74) is 2.97. The molecule has 1 N–H and O–H groups in total. The lowest BCUT2D eigenvalue weighted by atomic mass is 10.2. The molecule has 6 nitrogen and oxygen atoms in total. The minimum absolute atomic E-state index is 0.0310. The molecule has 0 aliphatic carbocycles. The first-order valence-corrected chi connectivity index (χ1v) is 7.52. The normalized spacial score (nSPS) is 10.6. The Balaban J connectivity index is 2.00. The molecule has 0 saturated heterocycles. The summed E-state index contributed by atoms with van der Waals surface area (Å²) < 4.78 is 0. The Morgan fingerprint density at radius 3 is 1.88 bits per heavy atom. The second-order valence-electron chi connectivity index (χ2n) is 5.54. The van der Waals surface area contributed by atoms with Crippen molar-refractivity contribution in [2.75, 3.05) is 25.5 Å². The van der Waals surface area contributed by atoms with Crippen LogP contribution in [0.4, 0.5) is 17.1 Å². The molecule has 0 spiro atoms. The summed E-state index contributed by atoms with van der Waals surface area (Å²) in [5.74, 6) is -0.373. The van der Waals surface area contributed by atoms with E-state index in [4.69, 9.17) is 0 Å². The lowest BCUT2D eigenvalue weighted by molar-refractivity contribution is -0.116. The van der Waals surface area contributed by atoms with E-state index in [1.54, 1.807) is 24.3 Å². The third-order valence-corrected chi connectivity index (χ3v) is 3.27. The van der Waals surface area contributed by atoms with Gasteiger partial charge in [0.1, 0.15) is 5.78 Å². The Hall–Kier alpha value is -3.02. The van der Waals surface area contributed by atoms with Gasteiger partial charge in [-0.25, -0.2) is 0 Å². The molecular formula is C18H20N4O2. The maximum atomic E-state index is 11.8. The third-order valence-electron chi connectivity index (χ3n) is 3.27. The lowest BCUT2D eigenvalue weighted by Gasteiger charge is -2.11. The Morgan fingerprint density at radius 2 is 1.42 bits per heavy atom. The number of anilines is 1. The molecule has 6 heteroatoms. The van der Waals surface area contributed by atoms with Gasteiger partial charge in [0.2, 0.25) is 0 Å². The van der Waals surface area contributed by atoms with E-state index in [0.717, 1.165) is 11.4 Å². The number of hydrogen-bond donors (Lipinski definition) is 1. The van der Waals surface area contributed by atoms with E-state index in [1.165, 1.54) is 6.92 Å². The zero-order chi connectivity index (χ0) is 17.5. The average Bonchev–Trinajstić information content (AvgIpc) is 2.58. The van der Waals surface area contributed by atoms with Crippen molar-refractivity contribution in [2.24, 2.45) is 10.2 Å². The van der Waals surface area contributed by atoms with Crippen molar-refractivity contribution in [1.29, 1.82) is 0 Å². The average molecular weight is 324 g/mol. The van der Waals surface area contributed by atoms with Crippen molar-refractivity contribution in [3.8, 4) is 0 Å². The first kappa shape index (κ1) is 17.3. The lowest BCUT2D eigenvalue weighted by Crippen LogP contribution is -2.28. The van der Waals surface area contributed by atoms with Crippen LogP contribution in [0.2, 0.25) is 0 Å². The van der Waals surface area contributed by atoms with Gasteiger partial charge in [0, 0.05) is 25.3 Å². The van der Waals surface area contributed by atoms with Crippen LogP contribution >= 0.6 is 0 Å². The molecule has 0 radical (unpaired) electrons. The topological polar surface area (TPSA) is 74.1 Å². The predicted molar refractivity (Wildman–Crippen MR) is 94.4 cm³/mol. The van der Waals surface area contributed by atoms with Crippen LogP contribution in [0.1, 0.15) is 17.3 Å². The number of carbonyl (C=O) groups is 2. The van der Waals surface area contributed by atoms with Gasteiger partial charge in [0.05, 0.1) is 17.9 Å². The predicted octanol–water partition coefficient (Wildman–Crippen LogP) is 3.49. The molecule has 2 aromatic carbocycles. The number of azo groups is 1. The van der Waals surface area contributed by atoms with E-state index in [1.807, 2.05) is 43.3 Å². The fourth-order valence-electron chi connectivity index (χ4n) is 1.92. The molecule has 24 heavy (non-hydrogen) atoms. The van der Waals surface area contributed by atoms with E-state index in [0.29, 0.717) is 11.3 Å². The zero-order valence-corrected chi connectivity index (χ0v) is 14.0. The van der Waals surface area contributed by atoms with Crippen molar-refractivity contribution in [3.05, 3.63) is 54.1 Å². The minimum atomic E-state index is -0.284. The molecule has 0 fully saturated rings. The van der Waals surface area contributed by atoms with Crippen LogP contribution in [-0.2, 0) is 4.79 Å². The highest BCUT2D eigenvalue weighted by atomic mass is 16.2. The van der Waals surface area contributed by atoms with Gasteiger partial charge in [0.15, 0.2) is 0 Å². The second kappa shape index (κ2) is 8.01. The van der Waals surface area contributed by atoms with E-state index in [-0.39, 0.29) is 18.2 Å². The van der Waals surface area contributed by atoms with Crippen LogP contribution < -0.4 is 10.2 Å². The number of hydrogen-bond acceptors (Lipinski definition) is 5. The van der Waals surface area contributed by atoms with Crippen LogP contribution in [0.3, 0.4) is 0 Å². The van der Waals surface area contributed by atoms with Gasteiger partial charge in [-0.1, -0.05) is 0 Å². The van der Waals surface area contributed by atoms with Crippen LogP contribution in [-0.4, -0.2) is 32.3 Å². The maximum Gasteiger partial charge on any atom is 0.251 e. The molecule has 0 unspecified atom stereocenters. The van der Waals surface area contributed by atoms with Gasteiger partial charge in [-0.05, 0) is 55.5 Å². The summed E-state index contributed by atoms with van der Waals surface area (Å²) in [7, 11) is 3.95. The third kappa shape index (κ3) is 5.01. The Kier molecular flexibility index (Phi) is 5.78. The fraction of sp³-hybridized carbons (Fsp3) is 0.222. The summed E-state index contributed by atoms with van der Waals surface area (Å²) in [6.45, 7) is 1.46. The van der Waals surface area contributed by atoms with Crippen LogP contribution in [0.5, 0.6) is 0 Å². The van der Waals surface area contributed by atoms with Crippen molar-refractivity contribution in [2.45, 2.75) is 6.92 Å². The molecule has 2 rings (SSSR count). The number of ketones is 1. The maximum absolute atomic E-state index is 11.8. The number of Topliss-reactive ketones (excluding diaryl/α,β-unsaturated/α-hetero) is 1. The molecule has 124 valence electrons. The number of rotatable bonds is 6. The number of benzene rings is 2. The standard InChI is InChI=1S/C18H20N4O2/c1-13(23)12-19-18(24)14-4-6-15(7-5-14)20-21-16-8-10-17(11-9-16)22(2)3/h4-11H,12H2,1-3H3,(H,19,24)/b21-20+. The van der Waals surface area contributed by atoms with E-state index < -0.39 is 0 Å². The highest BCUT2D eigenvalue weighted by molar-refractivity contribution is 5.96. The van der Waals surface area contributed by atoms with Gasteiger partial charge in [-0.2, -0.15) is 10.2 Å². The summed E-state index contributed by atoms with van der Waals surface area (Å²) in [4.78, 5) is 24.7. The molecule has 0 aromatic heterocycles. The van der Waals surface area contributed by atoms with Gasteiger partial charge < -0.3 is 10.2 Å². The molecule has 0 saturated carbocycles. The number of carbonyl (C=O) groups excluding carboxylic acids is 2. The zero-order valence-electron chi connectivity index (χ0n) is 14.0. The molecule has 0 bridgehead atoms. The SMILES string of the molecule is CC(=O)CNC(=O)c1ccc(/N=N/c2ccc(N(C)C)cc2)cc1. The number of nitrogens with one attached hydrogen (secondary N) is 1. The second-order valence-corrected chi connectivity index (χ2v) is 5.54. The smallest absolute Gasteiger partial charge is 0.251 e. The Labute approximate surface area is 141 Å². The summed E-state index contributed by atoms with van der Waals surface area (Å²) in [6.07, 6.45) is 0.